The summed E-state index contributed by atoms with van der Waals surface area (Å²) in [7, 11) is 0. The molecule has 3 N–H and O–H groups in total. The first-order valence-electron chi connectivity index (χ1n) is 7.62. The van der Waals surface area contributed by atoms with Crippen LogP contribution < -0.4 is 11.2 Å². The fraction of sp³-hybridized carbons (Fsp3) is 0.200. The number of rotatable bonds is 6. The summed E-state index contributed by atoms with van der Waals surface area (Å²) in [6.07, 6.45) is 2.86. The van der Waals surface area contributed by atoms with Crippen molar-refractivity contribution in [2.45, 2.75) is 19.8 Å². The van der Waals surface area contributed by atoms with Gasteiger partial charge in [0.05, 0.1) is 11.9 Å². The molecule has 0 radical (unpaired) electrons. The Morgan fingerprint density at radius 3 is 2.84 bits per heavy atom. The van der Waals surface area contributed by atoms with Crippen LogP contribution >= 0.6 is 0 Å². The lowest BCUT2D eigenvalue weighted by atomic mass is 10.2. The van der Waals surface area contributed by atoms with Gasteiger partial charge in [-0.25, -0.2) is 10.1 Å². The molecule has 2 heterocycles. The molecule has 0 unspecified atom stereocenters. The van der Waals surface area contributed by atoms with Crippen molar-refractivity contribution in [1.29, 1.82) is 0 Å². The summed E-state index contributed by atoms with van der Waals surface area (Å²) in [6, 6.07) is 9.40. The Kier molecular flexibility index (Phi) is 4.79. The maximum atomic E-state index is 12.4. The minimum atomic E-state index is -0.475. The van der Waals surface area contributed by atoms with Gasteiger partial charge >= 0.3 is 0 Å². The van der Waals surface area contributed by atoms with Crippen molar-refractivity contribution in [2.75, 3.05) is 5.73 Å². The highest BCUT2D eigenvalue weighted by Gasteiger charge is 2.22. The molecule has 10 nitrogen and oxygen atoms in total. The van der Waals surface area contributed by atoms with Gasteiger partial charge in [0.25, 0.3) is 5.91 Å². The molecular formula is C15H16N8O2. The van der Waals surface area contributed by atoms with Gasteiger partial charge in [-0.15, -0.1) is 5.10 Å². The third-order valence-electron chi connectivity index (χ3n) is 3.34. The molecule has 128 valence electrons. The number of aromatic nitrogens is 5. The van der Waals surface area contributed by atoms with E-state index < -0.39 is 5.91 Å². The van der Waals surface area contributed by atoms with Crippen LogP contribution in [0.2, 0.25) is 0 Å². The maximum Gasteiger partial charge on any atom is 0.293 e. The average molecular weight is 340 g/mol. The molecular weight excluding hydrogens is 324 g/mol. The van der Waals surface area contributed by atoms with E-state index in [4.69, 9.17) is 5.73 Å². The van der Waals surface area contributed by atoms with Crippen LogP contribution in [-0.2, 0) is 6.42 Å². The van der Waals surface area contributed by atoms with Crippen molar-refractivity contribution in [3.8, 4) is 5.82 Å². The number of hydrogen-bond acceptors (Lipinski definition) is 8. The molecule has 1 amide bonds. The topological polar surface area (TPSA) is 137 Å². The molecule has 0 aliphatic carbocycles. The lowest BCUT2D eigenvalue weighted by Crippen LogP contribution is -2.20. The van der Waals surface area contributed by atoms with E-state index >= 15 is 0 Å². The van der Waals surface area contributed by atoms with E-state index in [0.717, 1.165) is 12.0 Å². The Morgan fingerprint density at radius 2 is 2.16 bits per heavy atom. The summed E-state index contributed by atoms with van der Waals surface area (Å²) in [5, 5.41) is 19.0. The molecule has 0 spiro atoms. The predicted molar refractivity (Wildman–Crippen MR) is 89.1 cm³/mol. The summed E-state index contributed by atoms with van der Waals surface area (Å²) < 4.78 is 5.93. The Labute approximate surface area is 142 Å². The lowest BCUT2D eigenvalue weighted by molar-refractivity contribution is 0.0949. The monoisotopic (exact) mass is 340 g/mol. The molecule has 0 bridgehead atoms. The average Bonchev–Trinajstić information content (AvgIpc) is 3.22. The molecule has 0 fully saturated rings. The number of nitrogens with zero attached hydrogens (tertiary/aromatic N) is 6. The molecule has 3 aromatic rings. The van der Waals surface area contributed by atoms with E-state index in [9.17, 15) is 4.79 Å². The van der Waals surface area contributed by atoms with Crippen molar-refractivity contribution in [2.24, 2.45) is 5.10 Å². The summed E-state index contributed by atoms with van der Waals surface area (Å²) in [5.74, 6) is -0.212. The Morgan fingerprint density at radius 1 is 1.36 bits per heavy atom. The number of carbonyl (C=O) groups excluding carboxylic acids is 1. The molecule has 3 rings (SSSR count). The van der Waals surface area contributed by atoms with Crippen LogP contribution in [0.3, 0.4) is 0 Å². The smallest absolute Gasteiger partial charge is 0.293 e. The van der Waals surface area contributed by atoms with Gasteiger partial charge in [-0.3, -0.25) is 4.79 Å². The second-order valence-electron chi connectivity index (χ2n) is 5.13. The summed E-state index contributed by atoms with van der Waals surface area (Å²) >= 11 is 0. The number of nitrogens with one attached hydrogen (secondary N) is 1. The summed E-state index contributed by atoms with van der Waals surface area (Å²) in [5.41, 5.74) is 9.69. The third-order valence-corrected chi connectivity index (χ3v) is 3.34. The van der Waals surface area contributed by atoms with Crippen LogP contribution in [0.25, 0.3) is 5.82 Å². The Balaban J connectivity index is 1.82. The molecule has 10 heteroatoms. The summed E-state index contributed by atoms with van der Waals surface area (Å²) in [6.45, 7) is 1.97. The molecule has 1 aromatic carbocycles. The van der Waals surface area contributed by atoms with Gasteiger partial charge < -0.3 is 5.73 Å². The van der Waals surface area contributed by atoms with Crippen molar-refractivity contribution in [3.63, 3.8) is 0 Å². The standard InChI is InChI=1S/C15H16N8O2/c1-2-6-11-12(18-22-23(11)14-13(16)20-25-21-14)15(24)19-17-9-10-7-4-3-5-8-10/h3-5,7-9H,2,6H2,1H3,(H2,16,20)(H,19,24)/b17-9-. The number of nitrogen functional groups attached to an aromatic ring is 1. The van der Waals surface area contributed by atoms with Gasteiger partial charge in [-0.05, 0) is 22.3 Å². The van der Waals surface area contributed by atoms with Crippen LogP contribution in [0.1, 0.15) is 35.1 Å². The van der Waals surface area contributed by atoms with Gasteiger partial charge in [0, 0.05) is 0 Å². The molecule has 0 aliphatic rings. The number of nitrogens with two attached hydrogens (primary N) is 1. The number of amides is 1. The number of hydrogen-bond donors (Lipinski definition) is 2. The molecule has 0 atom stereocenters. The zero-order valence-electron chi connectivity index (χ0n) is 13.5. The second-order valence-corrected chi connectivity index (χ2v) is 5.13. The first kappa shape index (κ1) is 16.3. The van der Waals surface area contributed by atoms with Crippen LogP contribution in [0.4, 0.5) is 5.82 Å². The quantitative estimate of drug-likeness (QED) is 0.503. The first-order valence-corrected chi connectivity index (χ1v) is 7.62. The van der Waals surface area contributed by atoms with Gasteiger partial charge in [-0.1, -0.05) is 48.9 Å². The van der Waals surface area contributed by atoms with Gasteiger partial charge in [-0.2, -0.15) is 9.78 Å². The maximum absolute atomic E-state index is 12.4. The molecule has 2 aromatic heterocycles. The molecule has 0 aliphatic heterocycles. The Bertz CT molecular complexity index is 884. The number of benzene rings is 1. The van der Waals surface area contributed by atoms with Gasteiger partial charge in [0.1, 0.15) is 0 Å². The van der Waals surface area contributed by atoms with E-state index in [2.05, 4.69) is 35.8 Å². The molecule has 0 saturated heterocycles. The van der Waals surface area contributed by atoms with Crippen molar-refractivity contribution in [1.82, 2.24) is 30.7 Å². The second kappa shape index (κ2) is 7.34. The first-order chi connectivity index (χ1) is 12.2. The number of carbonyl (C=O) groups is 1. The number of anilines is 1. The van der Waals surface area contributed by atoms with Crippen molar-refractivity contribution < 1.29 is 9.42 Å². The fourth-order valence-electron chi connectivity index (χ4n) is 2.20. The SMILES string of the molecule is CCCc1c(C(=O)N/N=C\c2ccccc2)nnn1-c1nonc1N. The van der Waals surface area contributed by atoms with E-state index in [0.29, 0.717) is 12.1 Å². The van der Waals surface area contributed by atoms with Crippen LogP contribution in [0.15, 0.2) is 40.1 Å². The van der Waals surface area contributed by atoms with Gasteiger partial charge in [0.2, 0.25) is 11.6 Å². The highest BCUT2D eigenvalue weighted by Crippen LogP contribution is 2.17. The largest absolute Gasteiger partial charge is 0.378 e. The predicted octanol–water partition coefficient (Wildman–Crippen LogP) is 0.949. The normalized spacial score (nSPS) is 11.1. The van der Waals surface area contributed by atoms with Crippen molar-refractivity contribution >= 4 is 17.9 Å². The zero-order chi connectivity index (χ0) is 17.6. The molecule has 25 heavy (non-hydrogen) atoms. The van der Waals surface area contributed by atoms with E-state index in [1.807, 2.05) is 37.3 Å². The van der Waals surface area contributed by atoms with Crippen LogP contribution in [0.5, 0.6) is 0 Å². The van der Waals surface area contributed by atoms with E-state index in [-0.39, 0.29) is 17.3 Å². The fourth-order valence-corrected chi connectivity index (χ4v) is 2.20. The van der Waals surface area contributed by atoms with Gasteiger partial charge in [0.15, 0.2) is 5.69 Å². The minimum Gasteiger partial charge on any atom is -0.378 e. The minimum absolute atomic E-state index is 0.0660. The van der Waals surface area contributed by atoms with Crippen molar-refractivity contribution in [3.05, 3.63) is 47.3 Å². The van der Waals surface area contributed by atoms with E-state index in [1.54, 1.807) is 6.21 Å². The summed E-state index contributed by atoms with van der Waals surface area (Å²) in [4.78, 5) is 12.4. The zero-order valence-corrected chi connectivity index (χ0v) is 13.5. The number of hydrazone groups is 1. The highest BCUT2D eigenvalue weighted by molar-refractivity contribution is 5.94. The Hall–Kier alpha value is -3.56. The van der Waals surface area contributed by atoms with E-state index in [1.165, 1.54) is 4.68 Å². The molecule has 0 saturated carbocycles. The van der Waals surface area contributed by atoms with Crippen LogP contribution in [0, 0.1) is 0 Å². The highest BCUT2D eigenvalue weighted by atomic mass is 16.6. The van der Waals surface area contributed by atoms with Crippen LogP contribution in [-0.4, -0.2) is 37.4 Å². The lowest BCUT2D eigenvalue weighted by Gasteiger charge is -2.03. The third kappa shape index (κ3) is 3.52.